The number of hydrogen-bond donors (Lipinski definition) is 1. The highest BCUT2D eigenvalue weighted by atomic mass is 16.5. The summed E-state index contributed by atoms with van der Waals surface area (Å²) in [5.41, 5.74) is 6.84. The lowest BCUT2D eigenvalue weighted by Gasteiger charge is -2.26. The van der Waals surface area contributed by atoms with Crippen molar-refractivity contribution in [1.29, 1.82) is 0 Å². The normalized spacial score (nSPS) is 16.0. The van der Waals surface area contributed by atoms with Gasteiger partial charge in [-0.1, -0.05) is 18.2 Å². The predicted octanol–water partition coefficient (Wildman–Crippen LogP) is 2.07. The third-order valence-corrected chi connectivity index (χ3v) is 3.87. The average molecular weight is 292 g/mol. The van der Waals surface area contributed by atoms with E-state index in [0.717, 1.165) is 51.5 Å². The van der Waals surface area contributed by atoms with Crippen LogP contribution < -0.4 is 10.5 Å². The van der Waals surface area contributed by atoms with Crippen molar-refractivity contribution in [1.82, 2.24) is 4.90 Å². The van der Waals surface area contributed by atoms with Crippen LogP contribution in [0.4, 0.5) is 0 Å². The molecular weight excluding hydrogens is 264 g/mol. The zero-order valence-electron chi connectivity index (χ0n) is 12.9. The fourth-order valence-corrected chi connectivity index (χ4v) is 2.63. The molecule has 4 heteroatoms. The van der Waals surface area contributed by atoms with Crippen LogP contribution >= 0.6 is 0 Å². The van der Waals surface area contributed by atoms with Gasteiger partial charge in [-0.2, -0.15) is 0 Å². The van der Waals surface area contributed by atoms with E-state index < -0.39 is 0 Å². The summed E-state index contributed by atoms with van der Waals surface area (Å²) in [6.45, 7) is 6.60. The molecule has 0 aromatic heterocycles. The minimum atomic E-state index is 0.667. The van der Waals surface area contributed by atoms with Crippen molar-refractivity contribution in [2.45, 2.75) is 25.7 Å². The third kappa shape index (κ3) is 6.04. The SMILES string of the molecule is NCCc1ccccc1OCCCCCN1CCOCC1. The van der Waals surface area contributed by atoms with Crippen LogP contribution in [-0.4, -0.2) is 50.9 Å². The summed E-state index contributed by atoms with van der Waals surface area (Å²) < 4.78 is 11.2. The zero-order chi connectivity index (χ0) is 14.8. The quantitative estimate of drug-likeness (QED) is 0.708. The highest BCUT2D eigenvalue weighted by molar-refractivity contribution is 5.33. The number of para-hydroxylation sites is 1. The molecular formula is C17H28N2O2. The van der Waals surface area contributed by atoms with Gasteiger partial charge in [-0.15, -0.1) is 0 Å². The molecule has 2 rings (SSSR count). The van der Waals surface area contributed by atoms with Crippen molar-refractivity contribution in [2.75, 3.05) is 46.0 Å². The molecule has 21 heavy (non-hydrogen) atoms. The maximum atomic E-state index is 5.89. The first kappa shape index (κ1) is 16.3. The van der Waals surface area contributed by atoms with Crippen LogP contribution in [0.25, 0.3) is 0 Å². The number of ether oxygens (including phenoxy) is 2. The van der Waals surface area contributed by atoms with Crippen LogP contribution in [0.5, 0.6) is 5.75 Å². The highest BCUT2D eigenvalue weighted by Gasteiger charge is 2.09. The van der Waals surface area contributed by atoms with Crippen LogP contribution in [0.1, 0.15) is 24.8 Å². The van der Waals surface area contributed by atoms with E-state index >= 15 is 0 Å². The molecule has 0 saturated carbocycles. The van der Waals surface area contributed by atoms with E-state index in [2.05, 4.69) is 11.0 Å². The fourth-order valence-electron chi connectivity index (χ4n) is 2.63. The molecule has 0 spiro atoms. The van der Waals surface area contributed by atoms with Crippen LogP contribution in [-0.2, 0) is 11.2 Å². The number of nitrogens with two attached hydrogens (primary N) is 1. The summed E-state index contributed by atoms with van der Waals surface area (Å²) in [5.74, 6) is 0.996. The van der Waals surface area contributed by atoms with Crippen molar-refractivity contribution in [2.24, 2.45) is 5.73 Å². The van der Waals surface area contributed by atoms with Crippen LogP contribution in [0.15, 0.2) is 24.3 Å². The largest absolute Gasteiger partial charge is 0.493 e. The molecule has 0 aliphatic carbocycles. The minimum absolute atomic E-state index is 0.667. The number of unbranched alkanes of at least 4 members (excludes halogenated alkanes) is 2. The van der Waals surface area contributed by atoms with E-state index in [1.807, 2.05) is 18.2 Å². The van der Waals surface area contributed by atoms with Gasteiger partial charge in [0.2, 0.25) is 0 Å². The summed E-state index contributed by atoms with van der Waals surface area (Å²) in [6.07, 6.45) is 4.46. The highest BCUT2D eigenvalue weighted by Crippen LogP contribution is 2.18. The van der Waals surface area contributed by atoms with E-state index in [1.165, 1.54) is 24.9 Å². The molecule has 1 heterocycles. The number of hydrogen-bond acceptors (Lipinski definition) is 4. The van der Waals surface area contributed by atoms with Gasteiger partial charge in [0.15, 0.2) is 0 Å². The smallest absolute Gasteiger partial charge is 0.122 e. The standard InChI is InChI=1S/C17H28N2O2/c18-9-8-16-6-2-3-7-17(16)21-13-5-1-4-10-19-11-14-20-15-12-19/h2-3,6-7H,1,4-5,8-15,18H2. The maximum absolute atomic E-state index is 5.89. The van der Waals surface area contributed by atoms with Crippen LogP contribution in [0.2, 0.25) is 0 Å². The number of benzene rings is 1. The number of nitrogens with zero attached hydrogens (tertiary/aromatic N) is 1. The summed E-state index contributed by atoms with van der Waals surface area (Å²) in [5, 5.41) is 0. The lowest BCUT2D eigenvalue weighted by molar-refractivity contribution is 0.0370. The summed E-state index contributed by atoms with van der Waals surface area (Å²) in [6, 6.07) is 8.20. The van der Waals surface area contributed by atoms with Gasteiger partial charge < -0.3 is 15.2 Å². The molecule has 1 aromatic carbocycles. The molecule has 1 fully saturated rings. The maximum Gasteiger partial charge on any atom is 0.122 e. The minimum Gasteiger partial charge on any atom is -0.493 e. The molecule has 0 bridgehead atoms. The molecule has 1 saturated heterocycles. The van der Waals surface area contributed by atoms with E-state index in [0.29, 0.717) is 6.54 Å². The van der Waals surface area contributed by atoms with Gasteiger partial charge in [-0.3, -0.25) is 4.90 Å². The monoisotopic (exact) mass is 292 g/mol. The Hall–Kier alpha value is -1.10. The van der Waals surface area contributed by atoms with E-state index in [1.54, 1.807) is 0 Å². The van der Waals surface area contributed by atoms with Crippen molar-refractivity contribution in [3.63, 3.8) is 0 Å². The second-order valence-corrected chi connectivity index (χ2v) is 5.51. The summed E-state index contributed by atoms with van der Waals surface area (Å²) in [4.78, 5) is 2.49. The molecule has 1 aliphatic heterocycles. The molecule has 118 valence electrons. The first-order valence-electron chi connectivity index (χ1n) is 8.11. The van der Waals surface area contributed by atoms with Crippen LogP contribution in [0, 0.1) is 0 Å². The lowest BCUT2D eigenvalue weighted by Crippen LogP contribution is -2.36. The zero-order valence-corrected chi connectivity index (χ0v) is 12.9. The summed E-state index contributed by atoms with van der Waals surface area (Å²) in [7, 11) is 0. The average Bonchev–Trinajstić information content (AvgIpc) is 2.53. The Bertz CT molecular complexity index is 392. The predicted molar refractivity (Wildman–Crippen MR) is 85.8 cm³/mol. The van der Waals surface area contributed by atoms with Gasteiger partial charge in [0.1, 0.15) is 5.75 Å². The summed E-state index contributed by atoms with van der Waals surface area (Å²) >= 11 is 0. The Balaban J connectivity index is 1.57. The first-order valence-corrected chi connectivity index (χ1v) is 8.11. The molecule has 0 atom stereocenters. The Morgan fingerprint density at radius 2 is 1.90 bits per heavy atom. The van der Waals surface area contributed by atoms with E-state index in [9.17, 15) is 0 Å². The molecule has 4 nitrogen and oxygen atoms in total. The van der Waals surface area contributed by atoms with Crippen molar-refractivity contribution in [3.8, 4) is 5.75 Å². The second kappa shape index (κ2) is 9.77. The van der Waals surface area contributed by atoms with E-state index in [-0.39, 0.29) is 0 Å². The van der Waals surface area contributed by atoms with Gasteiger partial charge in [-0.05, 0) is 50.4 Å². The Morgan fingerprint density at radius 3 is 2.71 bits per heavy atom. The van der Waals surface area contributed by atoms with Gasteiger partial charge in [-0.25, -0.2) is 0 Å². The van der Waals surface area contributed by atoms with Gasteiger partial charge in [0.05, 0.1) is 19.8 Å². The molecule has 1 aliphatic rings. The van der Waals surface area contributed by atoms with Gasteiger partial charge in [0, 0.05) is 13.1 Å². The number of morpholine rings is 1. The van der Waals surface area contributed by atoms with Crippen molar-refractivity contribution < 1.29 is 9.47 Å². The topological polar surface area (TPSA) is 47.7 Å². The van der Waals surface area contributed by atoms with Crippen molar-refractivity contribution >= 4 is 0 Å². The third-order valence-electron chi connectivity index (χ3n) is 3.87. The van der Waals surface area contributed by atoms with Gasteiger partial charge in [0.25, 0.3) is 0 Å². The van der Waals surface area contributed by atoms with Crippen LogP contribution in [0.3, 0.4) is 0 Å². The molecule has 1 aromatic rings. The second-order valence-electron chi connectivity index (χ2n) is 5.51. The van der Waals surface area contributed by atoms with Crippen molar-refractivity contribution in [3.05, 3.63) is 29.8 Å². The fraction of sp³-hybridized carbons (Fsp3) is 0.647. The lowest BCUT2D eigenvalue weighted by atomic mass is 10.1. The molecule has 0 radical (unpaired) electrons. The Morgan fingerprint density at radius 1 is 1.10 bits per heavy atom. The van der Waals surface area contributed by atoms with Gasteiger partial charge >= 0.3 is 0 Å². The first-order chi connectivity index (χ1) is 10.4. The molecule has 0 unspecified atom stereocenters. The molecule has 0 amide bonds. The molecule has 2 N–H and O–H groups in total. The number of rotatable bonds is 9. The Labute approximate surface area is 128 Å². The van der Waals surface area contributed by atoms with E-state index in [4.69, 9.17) is 15.2 Å². The Kier molecular flexibility index (Phi) is 7.57.